The monoisotopic (exact) mass is 373 g/mol. The van der Waals surface area contributed by atoms with Crippen LogP contribution in [-0.2, 0) is 12.0 Å². The lowest BCUT2D eigenvalue weighted by Gasteiger charge is -2.43. The number of hydrogen-bond donors (Lipinski definition) is 2. The smallest absolute Gasteiger partial charge is 0.335 e. The van der Waals surface area contributed by atoms with E-state index in [0.717, 1.165) is 23.1 Å². The van der Waals surface area contributed by atoms with Gasteiger partial charge in [0.05, 0.1) is 5.56 Å². The van der Waals surface area contributed by atoms with Gasteiger partial charge in [-0.1, -0.05) is 46.6 Å². The number of carboxylic acid groups (broad SMARTS) is 1. The summed E-state index contributed by atoms with van der Waals surface area (Å²) in [7, 11) is 0. The lowest BCUT2D eigenvalue weighted by Crippen LogP contribution is -2.43. The fraction of sp³-hybridized carbons (Fsp3) is 0.316. The zero-order valence-corrected chi connectivity index (χ0v) is 14.5. The number of carboxylic acids is 1. The highest BCUT2D eigenvalue weighted by molar-refractivity contribution is 9.10. The van der Waals surface area contributed by atoms with E-state index in [4.69, 9.17) is 5.11 Å². The SMILES string of the molecule is O=C(O)c1ccc(CNCC2(c3ccc(Br)cc3)CCC2)cc1. The van der Waals surface area contributed by atoms with Gasteiger partial charge in [-0.3, -0.25) is 0 Å². The summed E-state index contributed by atoms with van der Waals surface area (Å²) in [5, 5.41) is 12.5. The van der Waals surface area contributed by atoms with E-state index in [1.807, 2.05) is 12.1 Å². The van der Waals surface area contributed by atoms with Gasteiger partial charge in [-0.2, -0.15) is 0 Å². The van der Waals surface area contributed by atoms with Crippen molar-refractivity contribution in [1.29, 1.82) is 0 Å². The summed E-state index contributed by atoms with van der Waals surface area (Å²) in [6.45, 7) is 1.72. The molecule has 0 heterocycles. The van der Waals surface area contributed by atoms with Crippen LogP contribution in [-0.4, -0.2) is 17.6 Å². The molecule has 120 valence electrons. The average molecular weight is 374 g/mol. The van der Waals surface area contributed by atoms with Crippen molar-refractivity contribution in [2.75, 3.05) is 6.54 Å². The van der Waals surface area contributed by atoms with E-state index in [0.29, 0.717) is 5.56 Å². The van der Waals surface area contributed by atoms with Gasteiger partial charge in [-0.05, 0) is 48.2 Å². The molecule has 1 fully saturated rings. The molecule has 0 saturated heterocycles. The van der Waals surface area contributed by atoms with E-state index in [-0.39, 0.29) is 5.41 Å². The Hall–Kier alpha value is -1.65. The molecule has 0 aliphatic heterocycles. The molecule has 4 heteroatoms. The van der Waals surface area contributed by atoms with E-state index >= 15 is 0 Å². The van der Waals surface area contributed by atoms with Gasteiger partial charge < -0.3 is 10.4 Å². The molecular weight excluding hydrogens is 354 g/mol. The third kappa shape index (κ3) is 3.65. The molecule has 0 aromatic heterocycles. The first-order valence-electron chi connectivity index (χ1n) is 7.88. The largest absolute Gasteiger partial charge is 0.478 e. The first-order valence-corrected chi connectivity index (χ1v) is 8.67. The van der Waals surface area contributed by atoms with Crippen LogP contribution in [0.15, 0.2) is 53.0 Å². The van der Waals surface area contributed by atoms with Crippen LogP contribution in [0, 0.1) is 0 Å². The lowest BCUT2D eigenvalue weighted by molar-refractivity contribution is 0.0697. The van der Waals surface area contributed by atoms with Crippen molar-refractivity contribution in [2.45, 2.75) is 31.2 Å². The van der Waals surface area contributed by atoms with Gasteiger partial charge in [-0.25, -0.2) is 4.79 Å². The number of aromatic carboxylic acids is 1. The van der Waals surface area contributed by atoms with Gasteiger partial charge in [0.2, 0.25) is 0 Å². The van der Waals surface area contributed by atoms with Gasteiger partial charge in [-0.15, -0.1) is 0 Å². The van der Waals surface area contributed by atoms with Gasteiger partial charge in [0.25, 0.3) is 0 Å². The van der Waals surface area contributed by atoms with Crippen LogP contribution in [0.1, 0.15) is 40.7 Å². The fourth-order valence-corrected chi connectivity index (χ4v) is 3.45. The van der Waals surface area contributed by atoms with Crippen LogP contribution < -0.4 is 5.32 Å². The van der Waals surface area contributed by atoms with Crippen LogP contribution in [0.4, 0.5) is 0 Å². The van der Waals surface area contributed by atoms with Crippen LogP contribution in [0.2, 0.25) is 0 Å². The maximum absolute atomic E-state index is 10.9. The van der Waals surface area contributed by atoms with Gasteiger partial charge in [0.15, 0.2) is 0 Å². The highest BCUT2D eigenvalue weighted by atomic mass is 79.9. The van der Waals surface area contributed by atoms with E-state index < -0.39 is 5.97 Å². The normalized spacial score (nSPS) is 15.9. The molecule has 0 radical (unpaired) electrons. The Morgan fingerprint density at radius 1 is 1.09 bits per heavy atom. The summed E-state index contributed by atoms with van der Waals surface area (Å²) < 4.78 is 1.11. The number of nitrogens with one attached hydrogen (secondary N) is 1. The quantitative estimate of drug-likeness (QED) is 0.790. The molecule has 3 rings (SSSR count). The third-order valence-corrected chi connectivity index (χ3v) is 5.29. The van der Waals surface area contributed by atoms with Crippen molar-refractivity contribution in [1.82, 2.24) is 5.32 Å². The highest BCUT2D eigenvalue weighted by Gasteiger charge is 2.38. The zero-order chi connectivity index (χ0) is 16.3. The Balaban J connectivity index is 1.60. The predicted molar refractivity (Wildman–Crippen MR) is 94.8 cm³/mol. The maximum atomic E-state index is 10.9. The maximum Gasteiger partial charge on any atom is 0.335 e. The van der Waals surface area contributed by atoms with E-state index in [1.165, 1.54) is 24.8 Å². The van der Waals surface area contributed by atoms with Crippen molar-refractivity contribution >= 4 is 21.9 Å². The number of rotatable bonds is 6. The molecule has 0 amide bonds. The van der Waals surface area contributed by atoms with Crippen LogP contribution >= 0.6 is 15.9 Å². The molecule has 0 spiro atoms. The minimum atomic E-state index is -0.881. The second-order valence-electron chi connectivity index (χ2n) is 6.25. The molecule has 2 N–H and O–H groups in total. The van der Waals surface area contributed by atoms with Crippen molar-refractivity contribution in [3.05, 3.63) is 69.7 Å². The molecule has 2 aromatic rings. The predicted octanol–water partition coefficient (Wildman–Crippen LogP) is 4.36. The van der Waals surface area contributed by atoms with E-state index in [1.54, 1.807) is 12.1 Å². The van der Waals surface area contributed by atoms with Crippen LogP contribution in [0.5, 0.6) is 0 Å². The fourth-order valence-electron chi connectivity index (χ4n) is 3.19. The van der Waals surface area contributed by atoms with E-state index in [9.17, 15) is 4.79 Å². The highest BCUT2D eigenvalue weighted by Crippen LogP contribution is 2.43. The van der Waals surface area contributed by atoms with Gasteiger partial charge >= 0.3 is 5.97 Å². The summed E-state index contributed by atoms with van der Waals surface area (Å²) in [5.74, 6) is -0.881. The standard InChI is InChI=1S/C19H20BrNO2/c20-17-8-6-16(7-9-17)19(10-1-11-19)13-21-12-14-2-4-15(5-3-14)18(22)23/h2-9,21H,1,10-13H2,(H,22,23). The Bertz CT molecular complexity index is 676. The van der Waals surface area contributed by atoms with Crippen LogP contribution in [0.3, 0.4) is 0 Å². The second-order valence-corrected chi connectivity index (χ2v) is 7.16. The Morgan fingerprint density at radius 3 is 2.26 bits per heavy atom. The molecule has 2 aromatic carbocycles. The molecule has 23 heavy (non-hydrogen) atoms. The Morgan fingerprint density at radius 2 is 1.74 bits per heavy atom. The molecule has 0 atom stereocenters. The topological polar surface area (TPSA) is 49.3 Å². The summed E-state index contributed by atoms with van der Waals surface area (Å²) >= 11 is 3.49. The van der Waals surface area contributed by atoms with Crippen molar-refractivity contribution in [3.63, 3.8) is 0 Å². The summed E-state index contributed by atoms with van der Waals surface area (Å²) in [6, 6.07) is 15.7. The van der Waals surface area contributed by atoms with Gasteiger partial charge in [0.1, 0.15) is 0 Å². The number of halogens is 1. The van der Waals surface area contributed by atoms with Crippen molar-refractivity contribution < 1.29 is 9.90 Å². The molecule has 1 saturated carbocycles. The van der Waals surface area contributed by atoms with E-state index in [2.05, 4.69) is 45.5 Å². The first kappa shape index (κ1) is 16.2. The summed E-state index contributed by atoms with van der Waals surface area (Å²) in [6.07, 6.45) is 3.73. The van der Waals surface area contributed by atoms with Gasteiger partial charge in [0, 0.05) is 23.0 Å². The molecule has 1 aliphatic rings. The first-order chi connectivity index (χ1) is 11.1. The summed E-state index contributed by atoms with van der Waals surface area (Å²) in [4.78, 5) is 10.9. The average Bonchev–Trinajstić information content (AvgIpc) is 2.51. The molecule has 0 bridgehead atoms. The number of hydrogen-bond acceptors (Lipinski definition) is 2. The van der Waals surface area contributed by atoms with Crippen molar-refractivity contribution in [3.8, 4) is 0 Å². The van der Waals surface area contributed by atoms with Crippen LogP contribution in [0.25, 0.3) is 0 Å². The molecule has 1 aliphatic carbocycles. The van der Waals surface area contributed by atoms with Crippen molar-refractivity contribution in [2.24, 2.45) is 0 Å². The zero-order valence-electron chi connectivity index (χ0n) is 12.9. The molecular formula is C19H20BrNO2. The minimum absolute atomic E-state index is 0.252. The number of carbonyl (C=O) groups is 1. The second kappa shape index (κ2) is 6.85. The summed E-state index contributed by atoms with van der Waals surface area (Å²) in [5.41, 5.74) is 3.10. The molecule has 3 nitrogen and oxygen atoms in total. The molecule has 0 unspecified atom stereocenters. The Labute approximate surface area is 144 Å². The number of benzene rings is 2. The third-order valence-electron chi connectivity index (χ3n) is 4.76. The Kier molecular flexibility index (Phi) is 4.83. The minimum Gasteiger partial charge on any atom is -0.478 e. The lowest BCUT2D eigenvalue weighted by atomic mass is 9.64.